The van der Waals surface area contributed by atoms with Gasteiger partial charge in [0.15, 0.2) is 0 Å². The molecule has 1 atom stereocenters. The first-order valence-electron chi connectivity index (χ1n) is 5.14. The summed E-state index contributed by atoms with van der Waals surface area (Å²) in [6.07, 6.45) is 2.44. The Morgan fingerprint density at radius 2 is 2.53 bits per heavy atom. The molecule has 1 rings (SSSR count). The topological polar surface area (TPSA) is 68.0 Å². The first-order valence-corrected chi connectivity index (χ1v) is 6.08. The van der Waals surface area contributed by atoms with Gasteiger partial charge >= 0.3 is 0 Å². The monoisotopic (exact) mass is 227 g/mol. The molecule has 0 aliphatic heterocycles. The smallest absolute Gasteiger partial charge is 0.236 e. The average molecular weight is 227 g/mol. The van der Waals surface area contributed by atoms with E-state index < -0.39 is 0 Å². The molecule has 84 valence electrons. The Morgan fingerprint density at radius 3 is 3.13 bits per heavy atom. The van der Waals surface area contributed by atoms with Crippen molar-refractivity contribution in [3.05, 3.63) is 16.6 Å². The van der Waals surface area contributed by atoms with E-state index in [4.69, 9.17) is 5.73 Å². The van der Waals surface area contributed by atoms with Gasteiger partial charge in [0.25, 0.3) is 0 Å². The number of nitrogens with zero attached hydrogens (tertiary/aromatic N) is 1. The van der Waals surface area contributed by atoms with Crippen LogP contribution in [-0.4, -0.2) is 23.5 Å². The summed E-state index contributed by atoms with van der Waals surface area (Å²) in [7, 11) is 0. The molecule has 0 radical (unpaired) electrons. The second-order valence-corrected chi connectivity index (χ2v) is 4.13. The summed E-state index contributed by atoms with van der Waals surface area (Å²) in [5, 5.41) is 4.79. The van der Waals surface area contributed by atoms with Crippen molar-refractivity contribution < 1.29 is 4.79 Å². The van der Waals surface area contributed by atoms with E-state index in [-0.39, 0.29) is 11.9 Å². The first kappa shape index (κ1) is 12.1. The van der Waals surface area contributed by atoms with Crippen molar-refractivity contribution >= 4 is 17.2 Å². The Labute approximate surface area is 93.9 Å². The number of hydrogen-bond donors (Lipinski definition) is 2. The molecule has 15 heavy (non-hydrogen) atoms. The Kier molecular flexibility index (Phi) is 5.28. The minimum absolute atomic E-state index is 0.0629. The number of rotatable bonds is 6. The molecular formula is C10H17N3OS. The molecule has 0 fully saturated rings. The molecular weight excluding hydrogens is 210 g/mol. The van der Waals surface area contributed by atoms with Crippen LogP contribution in [0.25, 0.3) is 0 Å². The number of carbonyl (C=O) groups excluding carboxylic acids is 1. The number of aromatic nitrogens is 1. The van der Waals surface area contributed by atoms with Crippen LogP contribution in [0.5, 0.6) is 0 Å². The average Bonchev–Trinajstić information content (AvgIpc) is 2.71. The van der Waals surface area contributed by atoms with Crippen molar-refractivity contribution in [2.75, 3.05) is 6.54 Å². The van der Waals surface area contributed by atoms with Crippen LogP contribution in [0, 0.1) is 0 Å². The van der Waals surface area contributed by atoms with E-state index in [0.717, 1.165) is 25.0 Å². The second kappa shape index (κ2) is 6.53. The molecule has 3 N–H and O–H groups in total. The summed E-state index contributed by atoms with van der Waals surface area (Å²) in [6, 6.07) is -0.370. The van der Waals surface area contributed by atoms with Crippen LogP contribution in [-0.2, 0) is 11.2 Å². The van der Waals surface area contributed by atoms with Gasteiger partial charge in [-0.2, -0.15) is 0 Å². The molecule has 0 unspecified atom stereocenters. The fraction of sp³-hybridized carbons (Fsp3) is 0.600. The van der Waals surface area contributed by atoms with Gasteiger partial charge in [0.05, 0.1) is 17.2 Å². The van der Waals surface area contributed by atoms with Gasteiger partial charge in [-0.3, -0.25) is 4.79 Å². The molecule has 1 aromatic rings. The zero-order valence-corrected chi connectivity index (χ0v) is 9.72. The highest BCUT2D eigenvalue weighted by Crippen LogP contribution is 2.00. The molecule has 1 heterocycles. The predicted octanol–water partition coefficient (Wildman–Crippen LogP) is 0.929. The molecule has 0 saturated heterocycles. The van der Waals surface area contributed by atoms with Crippen LogP contribution in [0.1, 0.15) is 25.5 Å². The zero-order chi connectivity index (χ0) is 11.1. The fourth-order valence-corrected chi connectivity index (χ4v) is 1.84. The number of hydrogen-bond acceptors (Lipinski definition) is 4. The van der Waals surface area contributed by atoms with E-state index >= 15 is 0 Å². The molecule has 1 aromatic heterocycles. The lowest BCUT2D eigenvalue weighted by atomic mass is 10.1. The lowest BCUT2D eigenvalue weighted by Gasteiger charge is -2.10. The first-order chi connectivity index (χ1) is 7.24. The minimum atomic E-state index is -0.370. The van der Waals surface area contributed by atoms with E-state index in [1.165, 1.54) is 0 Å². The summed E-state index contributed by atoms with van der Waals surface area (Å²) >= 11 is 1.56. The lowest BCUT2D eigenvalue weighted by Crippen LogP contribution is -2.41. The zero-order valence-electron chi connectivity index (χ0n) is 8.90. The maximum atomic E-state index is 11.4. The quantitative estimate of drug-likeness (QED) is 0.759. The molecule has 0 spiro atoms. The number of amides is 1. The maximum Gasteiger partial charge on any atom is 0.236 e. The van der Waals surface area contributed by atoms with E-state index in [2.05, 4.69) is 10.3 Å². The molecule has 4 nitrogen and oxygen atoms in total. The number of nitrogens with one attached hydrogen (secondary N) is 1. The van der Waals surface area contributed by atoms with E-state index in [1.807, 2.05) is 12.3 Å². The Bertz CT molecular complexity index is 287. The molecule has 0 aromatic carbocycles. The van der Waals surface area contributed by atoms with E-state index in [9.17, 15) is 4.79 Å². The van der Waals surface area contributed by atoms with Crippen LogP contribution >= 0.6 is 11.3 Å². The fourth-order valence-electron chi connectivity index (χ4n) is 1.25. The second-order valence-electron chi connectivity index (χ2n) is 3.42. The van der Waals surface area contributed by atoms with E-state index in [0.29, 0.717) is 6.54 Å². The van der Waals surface area contributed by atoms with Crippen molar-refractivity contribution in [2.24, 2.45) is 5.73 Å². The third-order valence-corrected chi connectivity index (χ3v) is 2.74. The van der Waals surface area contributed by atoms with Gasteiger partial charge in [-0.1, -0.05) is 13.3 Å². The van der Waals surface area contributed by atoms with Crippen LogP contribution < -0.4 is 11.1 Å². The van der Waals surface area contributed by atoms with Gasteiger partial charge < -0.3 is 11.1 Å². The van der Waals surface area contributed by atoms with Gasteiger partial charge in [0, 0.05) is 18.3 Å². The number of thiazole rings is 1. The minimum Gasteiger partial charge on any atom is -0.354 e. The van der Waals surface area contributed by atoms with Gasteiger partial charge in [-0.15, -0.1) is 11.3 Å². The Morgan fingerprint density at radius 1 is 1.73 bits per heavy atom. The highest BCUT2D eigenvalue weighted by molar-refractivity contribution is 7.07. The largest absolute Gasteiger partial charge is 0.354 e. The lowest BCUT2D eigenvalue weighted by molar-refractivity contribution is -0.122. The van der Waals surface area contributed by atoms with Crippen molar-refractivity contribution in [3.63, 3.8) is 0 Å². The predicted molar refractivity (Wildman–Crippen MR) is 61.7 cm³/mol. The summed E-state index contributed by atoms with van der Waals surface area (Å²) in [4.78, 5) is 15.5. The molecule has 1 amide bonds. The SMILES string of the molecule is CCC[C@H](N)C(=O)NCCc1cscn1. The molecule has 0 aliphatic rings. The van der Waals surface area contributed by atoms with Crippen LogP contribution in [0.4, 0.5) is 0 Å². The Balaban J connectivity index is 2.17. The van der Waals surface area contributed by atoms with Gasteiger partial charge in [-0.25, -0.2) is 4.98 Å². The third-order valence-electron chi connectivity index (χ3n) is 2.10. The summed E-state index contributed by atoms with van der Waals surface area (Å²) < 4.78 is 0. The van der Waals surface area contributed by atoms with Gasteiger partial charge in [-0.05, 0) is 6.42 Å². The van der Waals surface area contributed by atoms with Crippen molar-refractivity contribution in [1.82, 2.24) is 10.3 Å². The summed E-state index contributed by atoms with van der Waals surface area (Å²) in [6.45, 7) is 2.63. The van der Waals surface area contributed by atoms with Gasteiger partial charge in [0.2, 0.25) is 5.91 Å². The van der Waals surface area contributed by atoms with Crippen molar-refractivity contribution in [2.45, 2.75) is 32.2 Å². The molecule has 5 heteroatoms. The molecule has 0 saturated carbocycles. The Hall–Kier alpha value is -0.940. The van der Waals surface area contributed by atoms with Crippen LogP contribution in [0.3, 0.4) is 0 Å². The standard InChI is InChI=1S/C10H17N3OS/c1-2-3-9(11)10(14)12-5-4-8-6-15-7-13-8/h6-7,9H,2-5,11H2,1H3,(H,12,14)/t9-/m0/s1. The van der Waals surface area contributed by atoms with Crippen molar-refractivity contribution in [3.8, 4) is 0 Å². The third kappa shape index (κ3) is 4.40. The van der Waals surface area contributed by atoms with Crippen LogP contribution in [0.15, 0.2) is 10.9 Å². The summed E-state index contributed by atoms with van der Waals surface area (Å²) in [5.41, 5.74) is 8.47. The highest BCUT2D eigenvalue weighted by atomic mass is 32.1. The maximum absolute atomic E-state index is 11.4. The van der Waals surface area contributed by atoms with E-state index in [1.54, 1.807) is 16.8 Å². The number of carbonyl (C=O) groups is 1. The molecule has 0 bridgehead atoms. The highest BCUT2D eigenvalue weighted by Gasteiger charge is 2.10. The summed E-state index contributed by atoms with van der Waals surface area (Å²) in [5.74, 6) is -0.0629. The molecule has 0 aliphatic carbocycles. The van der Waals surface area contributed by atoms with Gasteiger partial charge in [0.1, 0.15) is 0 Å². The van der Waals surface area contributed by atoms with Crippen molar-refractivity contribution in [1.29, 1.82) is 0 Å². The normalized spacial score (nSPS) is 12.4. The number of nitrogens with two attached hydrogens (primary N) is 1. The van der Waals surface area contributed by atoms with Crippen LogP contribution in [0.2, 0.25) is 0 Å².